The maximum atomic E-state index is 13.3. The topological polar surface area (TPSA) is 52.7 Å². The molecule has 5 nitrogen and oxygen atoms in total. The van der Waals surface area contributed by atoms with Crippen LogP contribution in [-0.4, -0.2) is 30.9 Å². The third-order valence-corrected chi connectivity index (χ3v) is 5.00. The molecule has 0 spiro atoms. The zero-order valence-corrected chi connectivity index (χ0v) is 14.5. The molecule has 2 aromatic carbocycles. The smallest absolute Gasteiger partial charge is 0.258 e. The standard InChI is InChI=1S/C20H21N3O2/c1-13-12-22(18-8-3-4-9-19(18)23(13)14(2)24)20(25)16-6-5-7-17-15(16)10-11-21-17/h3-9,13,21H,10-12H2,1-2H3/t13-/m0/s1. The molecule has 4 rings (SSSR count). The first-order chi connectivity index (χ1) is 12.1. The van der Waals surface area contributed by atoms with Gasteiger partial charge < -0.3 is 15.1 Å². The van der Waals surface area contributed by atoms with Crippen LogP contribution in [0.15, 0.2) is 42.5 Å². The van der Waals surface area contributed by atoms with E-state index in [-0.39, 0.29) is 17.9 Å². The van der Waals surface area contributed by atoms with Gasteiger partial charge in [-0.1, -0.05) is 18.2 Å². The van der Waals surface area contributed by atoms with E-state index in [4.69, 9.17) is 0 Å². The average Bonchev–Trinajstić information content (AvgIpc) is 3.08. The fraction of sp³-hybridized carbons (Fsp3) is 0.300. The largest absolute Gasteiger partial charge is 0.384 e. The monoisotopic (exact) mass is 335 g/mol. The molecule has 128 valence electrons. The molecule has 2 amide bonds. The molecule has 0 saturated carbocycles. The Morgan fingerprint density at radius 2 is 1.84 bits per heavy atom. The van der Waals surface area contributed by atoms with Gasteiger partial charge in [0.25, 0.3) is 5.91 Å². The summed E-state index contributed by atoms with van der Waals surface area (Å²) in [6.45, 7) is 4.91. The van der Waals surface area contributed by atoms with Crippen LogP contribution in [0.3, 0.4) is 0 Å². The highest BCUT2D eigenvalue weighted by molar-refractivity contribution is 6.12. The van der Waals surface area contributed by atoms with Crippen LogP contribution in [0.5, 0.6) is 0 Å². The molecular weight excluding hydrogens is 314 g/mol. The Morgan fingerprint density at radius 1 is 1.08 bits per heavy atom. The second-order valence-electron chi connectivity index (χ2n) is 6.65. The summed E-state index contributed by atoms with van der Waals surface area (Å²) in [4.78, 5) is 29.0. The van der Waals surface area contributed by atoms with Crippen LogP contribution in [-0.2, 0) is 11.2 Å². The average molecular weight is 335 g/mol. The van der Waals surface area contributed by atoms with E-state index in [1.165, 1.54) is 0 Å². The quantitative estimate of drug-likeness (QED) is 0.871. The minimum absolute atomic E-state index is 0.00283. The van der Waals surface area contributed by atoms with Crippen LogP contribution in [0.4, 0.5) is 17.1 Å². The summed E-state index contributed by atoms with van der Waals surface area (Å²) in [7, 11) is 0. The van der Waals surface area contributed by atoms with Crippen LogP contribution in [0, 0.1) is 0 Å². The fourth-order valence-electron chi connectivity index (χ4n) is 3.94. The molecule has 2 aliphatic rings. The van der Waals surface area contributed by atoms with Crippen LogP contribution >= 0.6 is 0 Å². The molecule has 25 heavy (non-hydrogen) atoms. The molecule has 0 unspecified atom stereocenters. The van der Waals surface area contributed by atoms with Gasteiger partial charge in [0.1, 0.15) is 0 Å². The Balaban J connectivity index is 1.78. The molecule has 2 heterocycles. The van der Waals surface area contributed by atoms with Gasteiger partial charge >= 0.3 is 0 Å². The highest BCUT2D eigenvalue weighted by Gasteiger charge is 2.34. The maximum Gasteiger partial charge on any atom is 0.258 e. The van der Waals surface area contributed by atoms with Crippen LogP contribution in [0.25, 0.3) is 0 Å². The summed E-state index contributed by atoms with van der Waals surface area (Å²) in [5.74, 6) is -0.0000891. The lowest BCUT2D eigenvalue weighted by molar-refractivity contribution is -0.117. The number of rotatable bonds is 1. The lowest BCUT2D eigenvalue weighted by Gasteiger charge is -2.40. The van der Waals surface area contributed by atoms with E-state index in [0.29, 0.717) is 6.54 Å². The number of hydrogen-bond donors (Lipinski definition) is 1. The van der Waals surface area contributed by atoms with Gasteiger partial charge in [0.2, 0.25) is 5.91 Å². The molecule has 0 fully saturated rings. The lowest BCUT2D eigenvalue weighted by Crippen LogP contribution is -2.51. The number of para-hydroxylation sites is 2. The highest BCUT2D eigenvalue weighted by Crippen LogP contribution is 2.37. The van der Waals surface area contributed by atoms with Crippen molar-refractivity contribution in [2.45, 2.75) is 26.3 Å². The zero-order valence-electron chi connectivity index (χ0n) is 14.5. The summed E-state index contributed by atoms with van der Waals surface area (Å²) in [6.07, 6.45) is 0.863. The normalized spacial score (nSPS) is 18.4. The van der Waals surface area contributed by atoms with Gasteiger partial charge in [0, 0.05) is 31.3 Å². The van der Waals surface area contributed by atoms with Crippen molar-refractivity contribution in [3.05, 3.63) is 53.6 Å². The molecule has 0 aromatic heterocycles. The Morgan fingerprint density at radius 3 is 2.60 bits per heavy atom. The fourth-order valence-corrected chi connectivity index (χ4v) is 3.94. The molecule has 0 saturated heterocycles. The van der Waals surface area contributed by atoms with Crippen molar-refractivity contribution in [2.75, 3.05) is 28.2 Å². The molecule has 2 aromatic rings. The summed E-state index contributed by atoms with van der Waals surface area (Å²) in [5.41, 5.74) is 4.49. The van der Waals surface area contributed by atoms with Gasteiger partial charge in [0.05, 0.1) is 17.4 Å². The molecule has 0 radical (unpaired) electrons. The summed E-state index contributed by atoms with van der Waals surface area (Å²) in [6, 6.07) is 13.4. The van der Waals surface area contributed by atoms with E-state index in [0.717, 1.165) is 41.2 Å². The molecular formula is C20H21N3O2. The Kier molecular flexibility index (Phi) is 3.71. The van der Waals surface area contributed by atoms with E-state index in [9.17, 15) is 9.59 Å². The number of anilines is 3. The third-order valence-electron chi connectivity index (χ3n) is 5.00. The van der Waals surface area contributed by atoms with E-state index in [2.05, 4.69) is 5.32 Å². The predicted octanol–water partition coefficient (Wildman–Crippen LogP) is 3.06. The van der Waals surface area contributed by atoms with Crippen molar-refractivity contribution in [1.82, 2.24) is 0 Å². The van der Waals surface area contributed by atoms with Crippen LogP contribution in [0.1, 0.15) is 29.8 Å². The van der Waals surface area contributed by atoms with Gasteiger partial charge in [-0.2, -0.15) is 0 Å². The van der Waals surface area contributed by atoms with E-state index in [1.54, 1.807) is 11.8 Å². The van der Waals surface area contributed by atoms with Crippen molar-refractivity contribution in [1.29, 1.82) is 0 Å². The van der Waals surface area contributed by atoms with E-state index < -0.39 is 0 Å². The SMILES string of the molecule is CC(=O)N1c2ccccc2N(C(=O)c2cccc3c2CCN3)C[C@@H]1C. The first-order valence-electron chi connectivity index (χ1n) is 8.64. The predicted molar refractivity (Wildman–Crippen MR) is 99.4 cm³/mol. The molecule has 1 N–H and O–H groups in total. The van der Waals surface area contributed by atoms with Crippen molar-refractivity contribution in [3.63, 3.8) is 0 Å². The second kappa shape index (κ2) is 5.92. The first kappa shape index (κ1) is 15.7. The molecule has 2 aliphatic heterocycles. The number of fused-ring (bicyclic) bond motifs is 2. The number of carbonyl (C=O) groups is 2. The van der Waals surface area contributed by atoms with Gasteiger partial charge in [-0.25, -0.2) is 0 Å². The molecule has 1 atom stereocenters. The van der Waals surface area contributed by atoms with E-state index in [1.807, 2.05) is 54.3 Å². The van der Waals surface area contributed by atoms with Crippen molar-refractivity contribution in [2.24, 2.45) is 0 Å². The van der Waals surface area contributed by atoms with Crippen molar-refractivity contribution < 1.29 is 9.59 Å². The highest BCUT2D eigenvalue weighted by atomic mass is 16.2. The third kappa shape index (κ3) is 2.47. The summed E-state index contributed by atoms with van der Waals surface area (Å²) in [5, 5.41) is 3.32. The molecule has 5 heteroatoms. The minimum Gasteiger partial charge on any atom is -0.384 e. The van der Waals surface area contributed by atoms with Crippen LogP contribution < -0.4 is 15.1 Å². The van der Waals surface area contributed by atoms with Crippen molar-refractivity contribution in [3.8, 4) is 0 Å². The van der Waals surface area contributed by atoms with E-state index >= 15 is 0 Å². The lowest BCUT2D eigenvalue weighted by atomic mass is 10.0. The number of hydrogen-bond acceptors (Lipinski definition) is 3. The maximum absolute atomic E-state index is 13.3. The Hall–Kier alpha value is -2.82. The zero-order chi connectivity index (χ0) is 17.6. The summed E-state index contributed by atoms with van der Waals surface area (Å²) >= 11 is 0. The number of carbonyl (C=O) groups excluding carboxylic acids is 2. The first-order valence-corrected chi connectivity index (χ1v) is 8.64. The Labute approximate surface area is 147 Å². The second-order valence-corrected chi connectivity index (χ2v) is 6.65. The van der Waals surface area contributed by atoms with Gasteiger partial charge in [0.15, 0.2) is 0 Å². The Bertz CT molecular complexity index is 862. The van der Waals surface area contributed by atoms with Gasteiger partial charge in [-0.3, -0.25) is 9.59 Å². The molecule has 0 aliphatic carbocycles. The minimum atomic E-state index is -0.0637. The summed E-state index contributed by atoms with van der Waals surface area (Å²) < 4.78 is 0. The van der Waals surface area contributed by atoms with Crippen molar-refractivity contribution >= 4 is 28.9 Å². The number of amides is 2. The number of benzene rings is 2. The van der Waals surface area contributed by atoms with Crippen LogP contribution in [0.2, 0.25) is 0 Å². The number of nitrogens with one attached hydrogen (secondary N) is 1. The molecule has 0 bridgehead atoms. The van der Waals surface area contributed by atoms with Gasteiger partial charge in [-0.05, 0) is 43.2 Å². The van der Waals surface area contributed by atoms with Gasteiger partial charge in [-0.15, -0.1) is 0 Å². The number of nitrogens with zero attached hydrogens (tertiary/aromatic N) is 2.